The van der Waals surface area contributed by atoms with E-state index in [1.54, 1.807) is 0 Å². The Morgan fingerprint density at radius 3 is 2.69 bits per heavy atom. The Balaban J connectivity index is 1.57. The molecule has 3 rings (SSSR count). The fourth-order valence-corrected chi connectivity index (χ4v) is 3.32. The number of nitrogens with zero attached hydrogens (tertiary/aromatic N) is 1. The Hall–Kier alpha value is -0.860. The molecule has 3 atom stereocenters. The van der Waals surface area contributed by atoms with E-state index in [9.17, 15) is 0 Å². The van der Waals surface area contributed by atoms with Crippen LogP contribution in [0.2, 0.25) is 0 Å². The van der Waals surface area contributed by atoms with Gasteiger partial charge in [-0.3, -0.25) is 4.90 Å². The highest BCUT2D eigenvalue weighted by atomic mass is 15.2. The summed E-state index contributed by atoms with van der Waals surface area (Å²) in [5, 5.41) is 3.72. The molecule has 2 nitrogen and oxygen atoms in total. The van der Waals surface area contributed by atoms with Crippen LogP contribution in [0.25, 0.3) is 0 Å². The molecule has 16 heavy (non-hydrogen) atoms. The zero-order chi connectivity index (χ0) is 11.0. The topological polar surface area (TPSA) is 15.3 Å². The second-order valence-electron chi connectivity index (χ2n) is 5.17. The molecule has 1 unspecified atom stereocenters. The van der Waals surface area contributed by atoms with Gasteiger partial charge < -0.3 is 5.32 Å². The van der Waals surface area contributed by atoms with Crippen LogP contribution in [0.4, 0.5) is 0 Å². The molecule has 2 heteroatoms. The Labute approximate surface area is 97.6 Å². The van der Waals surface area contributed by atoms with Crippen molar-refractivity contribution in [3.05, 3.63) is 35.9 Å². The molecule has 2 aliphatic heterocycles. The van der Waals surface area contributed by atoms with Crippen LogP contribution in [0.1, 0.15) is 24.8 Å². The molecular formula is C14H20N2. The predicted molar refractivity (Wildman–Crippen MR) is 66.3 cm³/mol. The molecule has 2 saturated heterocycles. The van der Waals surface area contributed by atoms with Crippen LogP contribution >= 0.6 is 0 Å². The van der Waals surface area contributed by atoms with E-state index in [0.717, 1.165) is 18.6 Å². The molecular weight excluding hydrogens is 196 g/mol. The molecule has 0 aliphatic carbocycles. The Morgan fingerprint density at radius 2 is 2.06 bits per heavy atom. The van der Waals surface area contributed by atoms with Gasteiger partial charge in [0.05, 0.1) is 0 Å². The zero-order valence-electron chi connectivity index (χ0n) is 9.89. The molecule has 1 aromatic rings. The minimum atomic E-state index is 0.712. The molecule has 0 saturated carbocycles. The van der Waals surface area contributed by atoms with Gasteiger partial charge in [0.25, 0.3) is 0 Å². The molecule has 0 aromatic heterocycles. The molecule has 2 bridgehead atoms. The average Bonchev–Trinajstić information content (AvgIpc) is 2.84. The molecule has 0 spiro atoms. The van der Waals surface area contributed by atoms with Crippen molar-refractivity contribution in [3.63, 3.8) is 0 Å². The van der Waals surface area contributed by atoms with Crippen molar-refractivity contribution in [3.8, 4) is 0 Å². The summed E-state index contributed by atoms with van der Waals surface area (Å²) in [6.45, 7) is 1.02. The maximum absolute atomic E-state index is 3.72. The molecule has 0 radical (unpaired) electrons. The number of fused-ring (bicyclic) bond motifs is 2. The lowest BCUT2D eigenvalue weighted by Gasteiger charge is -2.22. The van der Waals surface area contributed by atoms with Crippen LogP contribution in [0.3, 0.4) is 0 Å². The van der Waals surface area contributed by atoms with E-state index in [2.05, 4.69) is 47.6 Å². The SMILES string of the molecule is CN1[C@@H]2CC[C@H]1C(NCc1ccccc1)C2. The van der Waals surface area contributed by atoms with Gasteiger partial charge in [-0.25, -0.2) is 0 Å². The number of hydrogen-bond acceptors (Lipinski definition) is 2. The van der Waals surface area contributed by atoms with E-state index in [1.807, 2.05) is 0 Å². The molecule has 1 aromatic carbocycles. The Bertz CT molecular complexity index is 349. The number of nitrogens with one attached hydrogen (secondary N) is 1. The molecule has 2 aliphatic rings. The van der Waals surface area contributed by atoms with Gasteiger partial charge in [0.2, 0.25) is 0 Å². The monoisotopic (exact) mass is 216 g/mol. The van der Waals surface area contributed by atoms with Gasteiger partial charge in [-0.2, -0.15) is 0 Å². The summed E-state index contributed by atoms with van der Waals surface area (Å²) in [6.07, 6.45) is 4.13. The number of likely N-dealkylation sites (N-methyl/N-ethyl adjacent to an activating group) is 1. The van der Waals surface area contributed by atoms with Crippen molar-refractivity contribution >= 4 is 0 Å². The normalized spacial score (nSPS) is 33.4. The fourth-order valence-electron chi connectivity index (χ4n) is 3.32. The minimum Gasteiger partial charge on any atom is -0.308 e. The molecule has 86 valence electrons. The van der Waals surface area contributed by atoms with E-state index in [4.69, 9.17) is 0 Å². The first-order valence-electron chi connectivity index (χ1n) is 6.34. The molecule has 2 heterocycles. The van der Waals surface area contributed by atoms with Crippen LogP contribution < -0.4 is 5.32 Å². The number of hydrogen-bond donors (Lipinski definition) is 1. The van der Waals surface area contributed by atoms with Gasteiger partial charge in [-0.1, -0.05) is 30.3 Å². The summed E-state index contributed by atoms with van der Waals surface area (Å²) in [5.41, 5.74) is 1.40. The van der Waals surface area contributed by atoms with Crippen molar-refractivity contribution in [2.75, 3.05) is 7.05 Å². The van der Waals surface area contributed by atoms with Crippen LogP contribution in [0, 0.1) is 0 Å². The van der Waals surface area contributed by atoms with Crippen LogP contribution in [-0.4, -0.2) is 30.1 Å². The zero-order valence-corrected chi connectivity index (χ0v) is 9.89. The maximum atomic E-state index is 3.72. The summed E-state index contributed by atoms with van der Waals surface area (Å²) in [7, 11) is 2.28. The largest absolute Gasteiger partial charge is 0.308 e. The van der Waals surface area contributed by atoms with E-state index in [-0.39, 0.29) is 0 Å². The third-order valence-corrected chi connectivity index (χ3v) is 4.30. The minimum absolute atomic E-state index is 0.712. The predicted octanol–water partition coefficient (Wildman–Crippen LogP) is 2.01. The van der Waals surface area contributed by atoms with Gasteiger partial charge in [0.1, 0.15) is 0 Å². The van der Waals surface area contributed by atoms with E-state index in [1.165, 1.54) is 24.8 Å². The van der Waals surface area contributed by atoms with Gasteiger partial charge in [-0.15, -0.1) is 0 Å². The summed E-state index contributed by atoms with van der Waals surface area (Å²) in [6, 6.07) is 13.0. The van der Waals surface area contributed by atoms with Gasteiger partial charge in [0, 0.05) is 24.7 Å². The van der Waals surface area contributed by atoms with E-state index in [0.29, 0.717) is 6.04 Å². The van der Waals surface area contributed by atoms with Crippen molar-refractivity contribution in [2.45, 2.75) is 43.9 Å². The molecule has 1 N–H and O–H groups in total. The maximum Gasteiger partial charge on any atom is 0.0250 e. The first-order valence-corrected chi connectivity index (χ1v) is 6.34. The number of rotatable bonds is 3. The number of benzene rings is 1. The lowest BCUT2D eigenvalue weighted by Crippen LogP contribution is -2.39. The standard InChI is InChI=1S/C14H20N2/c1-16-12-7-8-14(16)13(9-12)15-10-11-5-3-2-4-6-11/h2-6,12-15H,7-10H2,1H3/t12-,13?,14+/m1/s1. The smallest absolute Gasteiger partial charge is 0.0250 e. The van der Waals surface area contributed by atoms with E-state index < -0.39 is 0 Å². The third-order valence-electron chi connectivity index (χ3n) is 4.30. The molecule has 2 fully saturated rings. The summed E-state index contributed by atoms with van der Waals surface area (Å²) in [4.78, 5) is 2.57. The van der Waals surface area contributed by atoms with Gasteiger partial charge in [-0.05, 0) is 31.9 Å². The lowest BCUT2D eigenvalue weighted by atomic mass is 9.95. The van der Waals surface area contributed by atoms with Crippen LogP contribution in [0.5, 0.6) is 0 Å². The van der Waals surface area contributed by atoms with Crippen molar-refractivity contribution in [1.29, 1.82) is 0 Å². The van der Waals surface area contributed by atoms with Gasteiger partial charge >= 0.3 is 0 Å². The Morgan fingerprint density at radius 1 is 1.25 bits per heavy atom. The second-order valence-corrected chi connectivity index (χ2v) is 5.17. The van der Waals surface area contributed by atoms with Crippen molar-refractivity contribution in [1.82, 2.24) is 10.2 Å². The first-order chi connectivity index (χ1) is 7.84. The highest BCUT2D eigenvalue weighted by Gasteiger charge is 2.43. The third kappa shape index (κ3) is 1.76. The summed E-state index contributed by atoms with van der Waals surface area (Å²) >= 11 is 0. The highest BCUT2D eigenvalue weighted by Crippen LogP contribution is 2.36. The Kier molecular flexibility index (Phi) is 2.70. The summed E-state index contributed by atoms with van der Waals surface area (Å²) < 4.78 is 0. The van der Waals surface area contributed by atoms with Crippen molar-refractivity contribution in [2.24, 2.45) is 0 Å². The first kappa shape index (κ1) is 10.3. The van der Waals surface area contributed by atoms with Gasteiger partial charge in [0.15, 0.2) is 0 Å². The van der Waals surface area contributed by atoms with Crippen LogP contribution in [-0.2, 0) is 6.54 Å². The summed E-state index contributed by atoms with van der Waals surface area (Å²) in [5.74, 6) is 0. The van der Waals surface area contributed by atoms with Crippen LogP contribution in [0.15, 0.2) is 30.3 Å². The highest BCUT2D eigenvalue weighted by molar-refractivity contribution is 5.15. The fraction of sp³-hybridized carbons (Fsp3) is 0.571. The average molecular weight is 216 g/mol. The molecule has 0 amide bonds. The second kappa shape index (κ2) is 4.19. The lowest BCUT2D eigenvalue weighted by molar-refractivity contribution is 0.296. The van der Waals surface area contributed by atoms with E-state index >= 15 is 0 Å². The van der Waals surface area contributed by atoms with Crippen molar-refractivity contribution < 1.29 is 0 Å². The quantitative estimate of drug-likeness (QED) is 0.831.